The minimum Gasteiger partial charge on any atom is -0.382 e. The Morgan fingerprint density at radius 2 is 1.84 bits per heavy atom. The largest absolute Gasteiger partial charge is 0.382 e. The molecule has 1 aromatic carbocycles. The van der Waals surface area contributed by atoms with Crippen molar-refractivity contribution in [1.29, 1.82) is 0 Å². The van der Waals surface area contributed by atoms with Gasteiger partial charge in [-0.05, 0) is 30.2 Å². The third-order valence-electron chi connectivity index (χ3n) is 2.68. The van der Waals surface area contributed by atoms with Crippen LogP contribution in [0.2, 0.25) is 5.02 Å². The number of hydrogen-bond acceptors (Lipinski definition) is 3. The standard InChI is InChI=1S/C15H24ClNO2/c1-12(2)8-17-9-15(11-18-3)19-10-13-4-6-14(16)7-5-13/h4-7,12,15,17H,8-11H2,1-3H3. The van der Waals surface area contributed by atoms with Crippen molar-refractivity contribution in [3.05, 3.63) is 34.9 Å². The van der Waals surface area contributed by atoms with Crippen LogP contribution in [0.4, 0.5) is 0 Å². The number of ether oxygens (including phenoxy) is 2. The molecule has 0 radical (unpaired) electrons. The van der Waals surface area contributed by atoms with Gasteiger partial charge in [-0.25, -0.2) is 0 Å². The van der Waals surface area contributed by atoms with Gasteiger partial charge < -0.3 is 14.8 Å². The van der Waals surface area contributed by atoms with Crippen molar-refractivity contribution >= 4 is 11.6 Å². The van der Waals surface area contributed by atoms with Crippen molar-refractivity contribution < 1.29 is 9.47 Å². The zero-order valence-corrected chi connectivity index (χ0v) is 12.7. The van der Waals surface area contributed by atoms with Crippen LogP contribution in [0.3, 0.4) is 0 Å². The molecule has 0 bridgehead atoms. The highest BCUT2D eigenvalue weighted by Gasteiger charge is 2.09. The molecule has 0 aliphatic rings. The minimum absolute atomic E-state index is 0.0689. The Hall–Kier alpha value is -0.610. The highest BCUT2D eigenvalue weighted by Crippen LogP contribution is 2.11. The summed E-state index contributed by atoms with van der Waals surface area (Å²) in [6, 6.07) is 7.71. The molecule has 1 N–H and O–H groups in total. The molecule has 108 valence electrons. The molecule has 0 saturated carbocycles. The highest BCUT2D eigenvalue weighted by molar-refractivity contribution is 6.30. The van der Waals surface area contributed by atoms with E-state index in [1.54, 1.807) is 7.11 Å². The van der Waals surface area contributed by atoms with E-state index < -0.39 is 0 Å². The van der Waals surface area contributed by atoms with Gasteiger partial charge in [-0.3, -0.25) is 0 Å². The van der Waals surface area contributed by atoms with Crippen molar-refractivity contribution in [3.63, 3.8) is 0 Å². The molecule has 1 aromatic rings. The lowest BCUT2D eigenvalue weighted by Gasteiger charge is -2.18. The topological polar surface area (TPSA) is 30.5 Å². The first-order valence-corrected chi connectivity index (χ1v) is 7.05. The number of rotatable bonds is 9. The van der Waals surface area contributed by atoms with Gasteiger partial charge in [0.2, 0.25) is 0 Å². The summed E-state index contributed by atoms with van der Waals surface area (Å²) in [4.78, 5) is 0. The fourth-order valence-corrected chi connectivity index (χ4v) is 1.81. The number of halogens is 1. The van der Waals surface area contributed by atoms with Crippen LogP contribution in [0.25, 0.3) is 0 Å². The minimum atomic E-state index is 0.0689. The lowest BCUT2D eigenvalue weighted by atomic mass is 10.2. The molecular formula is C15H24ClNO2. The van der Waals surface area contributed by atoms with E-state index in [4.69, 9.17) is 21.1 Å². The van der Waals surface area contributed by atoms with Gasteiger partial charge in [0.1, 0.15) is 0 Å². The van der Waals surface area contributed by atoms with Crippen molar-refractivity contribution in [2.75, 3.05) is 26.8 Å². The molecule has 0 aliphatic heterocycles. The van der Waals surface area contributed by atoms with Crippen molar-refractivity contribution in [3.8, 4) is 0 Å². The van der Waals surface area contributed by atoms with Gasteiger partial charge in [-0.1, -0.05) is 37.6 Å². The predicted octanol–water partition coefficient (Wildman–Crippen LogP) is 3.12. The second-order valence-electron chi connectivity index (χ2n) is 5.07. The smallest absolute Gasteiger partial charge is 0.0936 e. The normalized spacial score (nSPS) is 12.9. The molecule has 0 amide bonds. The van der Waals surface area contributed by atoms with Crippen molar-refractivity contribution in [2.45, 2.75) is 26.6 Å². The van der Waals surface area contributed by atoms with Crippen molar-refractivity contribution in [2.24, 2.45) is 5.92 Å². The first kappa shape index (κ1) is 16.4. The van der Waals surface area contributed by atoms with Crippen LogP contribution in [0.1, 0.15) is 19.4 Å². The second-order valence-corrected chi connectivity index (χ2v) is 5.50. The van der Waals surface area contributed by atoms with Crippen LogP contribution in [0.15, 0.2) is 24.3 Å². The summed E-state index contributed by atoms with van der Waals surface area (Å²) in [5.74, 6) is 0.638. The Kier molecular flexibility index (Phi) is 8.07. The molecule has 0 heterocycles. The summed E-state index contributed by atoms with van der Waals surface area (Å²) in [7, 11) is 1.70. The van der Waals surface area contributed by atoms with Gasteiger partial charge in [-0.2, -0.15) is 0 Å². The second kappa shape index (κ2) is 9.32. The molecule has 0 spiro atoms. The number of methoxy groups -OCH3 is 1. The van der Waals surface area contributed by atoms with E-state index in [2.05, 4.69) is 19.2 Å². The third-order valence-corrected chi connectivity index (χ3v) is 2.93. The molecule has 1 unspecified atom stereocenters. The maximum atomic E-state index is 5.86. The third kappa shape index (κ3) is 7.53. The van der Waals surface area contributed by atoms with Crippen LogP contribution in [0, 0.1) is 5.92 Å². The van der Waals surface area contributed by atoms with E-state index in [0.717, 1.165) is 23.7 Å². The molecule has 19 heavy (non-hydrogen) atoms. The summed E-state index contributed by atoms with van der Waals surface area (Å²) >= 11 is 5.85. The molecule has 3 nitrogen and oxygen atoms in total. The van der Waals surface area contributed by atoms with E-state index in [9.17, 15) is 0 Å². The fraction of sp³-hybridized carbons (Fsp3) is 0.600. The molecule has 1 atom stereocenters. The van der Waals surface area contributed by atoms with Gasteiger partial charge in [0.25, 0.3) is 0 Å². The van der Waals surface area contributed by atoms with Gasteiger partial charge in [-0.15, -0.1) is 0 Å². The first-order valence-electron chi connectivity index (χ1n) is 6.67. The average molecular weight is 286 g/mol. The monoisotopic (exact) mass is 285 g/mol. The fourth-order valence-electron chi connectivity index (χ4n) is 1.68. The van der Waals surface area contributed by atoms with Gasteiger partial charge in [0, 0.05) is 18.7 Å². The summed E-state index contributed by atoms with van der Waals surface area (Å²) in [5, 5.41) is 4.14. The lowest BCUT2D eigenvalue weighted by molar-refractivity contribution is -0.0103. The molecule has 0 fully saturated rings. The van der Waals surface area contributed by atoms with Crippen LogP contribution < -0.4 is 5.32 Å². The van der Waals surface area contributed by atoms with Crippen LogP contribution in [-0.4, -0.2) is 32.9 Å². The van der Waals surface area contributed by atoms with E-state index in [1.807, 2.05) is 24.3 Å². The highest BCUT2D eigenvalue weighted by atomic mass is 35.5. The summed E-state index contributed by atoms with van der Waals surface area (Å²) in [6.45, 7) is 7.34. The maximum absolute atomic E-state index is 5.86. The SMILES string of the molecule is COCC(CNCC(C)C)OCc1ccc(Cl)cc1. The Labute approximate surface area is 121 Å². The summed E-state index contributed by atoms with van der Waals surface area (Å²) < 4.78 is 11.0. The van der Waals surface area contributed by atoms with Gasteiger partial charge in [0.15, 0.2) is 0 Å². The van der Waals surface area contributed by atoms with Gasteiger partial charge in [0.05, 0.1) is 19.3 Å². The molecule has 1 rings (SSSR count). The summed E-state index contributed by atoms with van der Waals surface area (Å²) in [6.07, 6.45) is 0.0689. The summed E-state index contributed by atoms with van der Waals surface area (Å²) in [5.41, 5.74) is 1.12. The molecule has 0 aliphatic carbocycles. The zero-order valence-electron chi connectivity index (χ0n) is 12.0. The Morgan fingerprint density at radius 1 is 1.16 bits per heavy atom. The Bertz CT molecular complexity index is 341. The van der Waals surface area contributed by atoms with Crippen LogP contribution >= 0.6 is 11.6 Å². The first-order chi connectivity index (χ1) is 9.11. The predicted molar refractivity (Wildman–Crippen MR) is 79.6 cm³/mol. The Balaban J connectivity index is 2.33. The number of benzene rings is 1. The van der Waals surface area contributed by atoms with E-state index in [-0.39, 0.29) is 6.10 Å². The molecule has 0 aromatic heterocycles. The maximum Gasteiger partial charge on any atom is 0.0936 e. The molecular weight excluding hydrogens is 262 g/mol. The van der Waals surface area contributed by atoms with E-state index in [0.29, 0.717) is 19.1 Å². The molecule has 4 heteroatoms. The quantitative estimate of drug-likeness (QED) is 0.756. The van der Waals surface area contributed by atoms with E-state index >= 15 is 0 Å². The number of hydrogen-bond donors (Lipinski definition) is 1. The molecule has 0 saturated heterocycles. The zero-order chi connectivity index (χ0) is 14.1. The van der Waals surface area contributed by atoms with Crippen LogP contribution in [0.5, 0.6) is 0 Å². The van der Waals surface area contributed by atoms with Crippen LogP contribution in [-0.2, 0) is 16.1 Å². The van der Waals surface area contributed by atoms with Crippen molar-refractivity contribution in [1.82, 2.24) is 5.32 Å². The number of nitrogens with one attached hydrogen (secondary N) is 1. The Morgan fingerprint density at radius 3 is 2.42 bits per heavy atom. The van der Waals surface area contributed by atoms with Gasteiger partial charge >= 0.3 is 0 Å². The average Bonchev–Trinajstić information content (AvgIpc) is 2.37. The lowest BCUT2D eigenvalue weighted by Crippen LogP contribution is -2.34. The van der Waals surface area contributed by atoms with E-state index in [1.165, 1.54) is 0 Å².